The lowest BCUT2D eigenvalue weighted by atomic mass is 9.87. The Kier molecular flexibility index (Phi) is 0.976. The minimum atomic E-state index is 0.477. The van der Waals surface area contributed by atoms with Gasteiger partial charge in [-0.1, -0.05) is 0 Å². The van der Waals surface area contributed by atoms with Crippen LogP contribution >= 0.6 is 0 Å². The van der Waals surface area contributed by atoms with Crippen LogP contribution in [0.15, 0.2) is 0 Å². The molecule has 0 N–H and O–H groups in total. The molecule has 1 aliphatic carbocycles. The fraction of sp³-hybridized carbons (Fsp3) is 0.889. The Hall–Kier alpha value is -0.550. The molecule has 0 aromatic heterocycles. The molecule has 0 radical (unpaired) electrons. The first-order valence-electron chi connectivity index (χ1n) is 4.42. The van der Waals surface area contributed by atoms with Gasteiger partial charge in [-0.2, -0.15) is 5.26 Å². The zero-order chi connectivity index (χ0) is 7.42. The number of hydrogen-bond acceptors (Lipinski definition) is 2. The molecule has 0 aromatic carbocycles. The summed E-state index contributed by atoms with van der Waals surface area (Å²) in [7, 11) is 0. The first kappa shape index (κ1) is 6.02. The smallest absolute Gasteiger partial charge is 0.0649 e. The summed E-state index contributed by atoms with van der Waals surface area (Å²) >= 11 is 0. The van der Waals surface area contributed by atoms with Gasteiger partial charge in [-0.15, -0.1) is 0 Å². The maximum atomic E-state index is 8.55. The number of hydrogen-bond donors (Lipinski definition) is 0. The largest absolute Gasteiger partial charge is 0.374 e. The molecule has 2 saturated heterocycles. The molecule has 3 fully saturated rings. The van der Waals surface area contributed by atoms with Crippen LogP contribution < -0.4 is 0 Å². The van der Waals surface area contributed by atoms with Gasteiger partial charge in [0.1, 0.15) is 0 Å². The van der Waals surface area contributed by atoms with Gasteiger partial charge in [0.05, 0.1) is 18.3 Å². The fourth-order valence-corrected chi connectivity index (χ4v) is 2.88. The first-order chi connectivity index (χ1) is 5.40. The highest BCUT2D eigenvalue weighted by Gasteiger charge is 2.62. The summed E-state index contributed by atoms with van der Waals surface area (Å²) < 4.78 is 5.75. The number of ether oxygens (including phenoxy) is 1. The predicted molar refractivity (Wildman–Crippen MR) is 38.6 cm³/mol. The molecule has 0 amide bonds. The van der Waals surface area contributed by atoms with Crippen molar-refractivity contribution in [1.82, 2.24) is 0 Å². The van der Waals surface area contributed by atoms with Crippen molar-refractivity contribution < 1.29 is 4.74 Å². The monoisotopic (exact) mass is 149 g/mol. The predicted octanol–water partition coefficient (Wildman–Crippen LogP) is 1.32. The number of nitriles is 1. The van der Waals surface area contributed by atoms with E-state index in [2.05, 4.69) is 6.07 Å². The van der Waals surface area contributed by atoms with Crippen LogP contribution in [0, 0.1) is 29.1 Å². The van der Waals surface area contributed by atoms with Gasteiger partial charge in [0.2, 0.25) is 0 Å². The highest BCUT2D eigenvalue weighted by molar-refractivity contribution is 5.11. The zero-order valence-electron chi connectivity index (χ0n) is 6.36. The van der Waals surface area contributed by atoms with E-state index in [1.165, 1.54) is 12.8 Å². The lowest BCUT2D eigenvalue weighted by Gasteiger charge is -2.14. The van der Waals surface area contributed by atoms with Crippen molar-refractivity contribution in [3.63, 3.8) is 0 Å². The molecule has 5 unspecified atom stereocenters. The van der Waals surface area contributed by atoms with Crippen molar-refractivity contribution >= 4 is 0 Å². The Morgan fingerprint density at radius 3 is 2.91 bits per heavy atom. The summed E-state index contributed by atoms with van der Waals surface area (Å²) in [6.45, 7) is 0. The Labute approximate surface area is 66.1 Å². The van der Waals surface area contributed by atoms with Crippen molar-refractivity contribution in [3.8, 4) is 6.07 Å². The average Bonchev–Trinajstić information content (AvgIpc) is 2.62. The first-order valence-corrected chi connectivity index (χ1v) is 4.42. The standard InChI is InChI=1S/C9H11NO/c10-2-1-5-3-8-6-4-7(6)9(5)11-8/h5-9H,1,3-4H2. The molecular weight excluding hydrogens is 138 g/mol. The van der Waals surface area contributed by atoms with E-state index < -0.39 is 0 Å². The van der Waals surface area contributed by atoms with Crippen LogP contribution in [0.3, 0.4) is 0 Å². The van der Waals surface area contributed by atoms with Crippen LogP contribution in [0.1, 0.15) is 19.3 Å². The number of fused-ring (bicyclic) bond motifs is 5. The molecule has 0 spiro atoms. The lowest BCUT2D eigenvalue weighted by Crippen LogP contribution is -2.18. The summed E-state index contributed by atoms with van der Waals surface area (Å²) in [5, 5.41) is 8.55. The maximum Gasteiger partial charge on any atom is 0.0649 e. The van der Waals surface area contributed by atoms with Gasteiger partial charge in [0.15, 0.2) is 0 Å². The highest BCUT2D eigenvalue weighted by atomic mass is 16.5. The molecule has 2 heterocycles. The highest BCUT2D eigenvalue weighted by Crippen LogP contribution is 2.61. The fourth-order valence-electron chi connectivity index (χ4n) is 2.88. The second-order valence-electron chi connectivity index (χ2n) is 4.06. The van der Waals surface area contributed by atoms with Crippen molar-refractivity contribution in [1.29, 1.82) is 5.26 Å². The third-order valence-electron chi connectivity index (χ3n) is 3.48. The van der Waals surface area contributed by atoms with Gasteiger partial charge in [0.25, 0.3) is 0 Å². The number of rotatable bonds is 1. The van der Waals surface area contributed by atoms with Crippen LogP contribution in [-0.2, 0) is 4.74 Å². The van der Waals surface area contributed by atoms with E-state index in [9.17, 15) is 0 Å². The Morgan fingerprint density at radius 1 is 1.36 bits per heavy atom. The second-order valence-corrected chi connectivity index (χ2v) is 4.06. The number of nitrogens with zero attached hydrogens (tertiary/aromatic N) is 1. The summed E-state index contributed by atoms with van der Waals surface area (Å²) in [6, 6.07) is 2.25. The van der Waals surface area contributed by atoms with E-state index in [0.717, 1.165) is 11.8 Å². The van der Waals surface area contributed by atoms with Gasteiger partial charge in [-0.25, -0.2) is 0 Å². The second kappa shape index (κ2) is 1.78. The molecule has 2 bridgehead atoms. The summed E-state index contributed by atoms with van der Waals surface area (Å²) in [4.78, 5) is 0. The molecule has 58 valence electrons. The average molecular weight is 149 g/mol. The van der Waals surface area contributed by atoms with E-state index in [4.69, 9.17) is 10.00 Å². The quantitative estimate of drug-likeness (QED) is 0.563. The van der Waals surface area contributed by atoms with Gasteiger partial charge < -0.3 is 4.74 Å². The normalized spacial score (nSPS) is 57.2. The molecule has 3 rings (SSSR count). The zero-order valence-corrected chi connectivity index (χ0v) is 6.36. The molecule has 1 saturated carbocycles. The van der Waals surface area contributed by atoms with Crippen LogP contribution in [0.5, 0.6) is 0 Å². The van der Waals surface area contributed by atoms with Crippen LogP contribution in [0.2, 0.25) is 0 Å². The SMILES string of the molecule is N#CCC1CC2OC1C1CC21. The van der Waals surface area contributed by atoms with Crippen molar-refractivity contribution in [2.75, 3.05) is 0 Å². The van der Waals surface area contributed by atoms with E-state index >= 15 is 0 Å². The van der Waals surface area contributed by atoms with Gasteiger partial charge in [0, 0.05) is 12.3 Å². The van der Waals surface area contributed by atoms with Crippen LogP contribution in [-0.4, -0.2) is 12.2 Å². The molecule has 2 aliphatic heterocycles. The van der Waals surface area contributed by atoms with E-state index in [1.807, 2.05) is 0 Å². The van der Waals surface area contributed by atoms with Gasteiger partial charge >= 0.3 is 0 Å². The Balaban J connectivity index is 1.79. The molecule has 3 aliphatic rings. The molecule has 5 atom stereocenters. The maximum absolute atomic E-state index is 8.55. The summed E-state index contributed by atoms with van der Waals surface area (Å²) in [5.41, 5.74) is 0. The van der Waals surface area contributed by atoms with E-state index in [-0.39, 0.29) is 0 Å². The minimum Gasteiger partial charge on any atom is -0.374 e. The van der Waals surface area contributed by atoms with Crippen LogP contribution in [0.4, 0.5) is 0 Å². The lowest BCUT2D eigenvalue weighted by molar-refractivity contribution is 0.0616. The minimum absolute atomic E-state index is 0.477. The molecular formula is C9H11NO. The molecule has 11 heavy (non-hydrogen) atoms. The Morgan fingerprint density at radius 2 is 2.27 bits per heavy atom. The topological polar surface area (TPSA) is 33.0 Å². The molecule has 2 nitrogen and oxygen atoms in total. The summed E-state index contributed by atoms with van der Waals surface area (Å²) in [5.74, 6) is 2.33. The third kappa shape index (κ3) is 0.648. The molecule has 2 heteroatoms. The molecule has 0 aromatic rings. The Bertz CT molecular complexity index is 232. The van der Waals surface area contributed by atoms with Crippen molar-refractivity contribution in [2.45, 2.75) is 31.5 Å². The van der Waals surface area contributed by atoms with E-state index in [1.54, 1.807) is 0 Å². The van der Waals surface area contributed by atoms with Gasteiger partial charge in [-0.05, 0) is 24.7 Å². The van der Waals surface area contributed by atoms with Crippen molar-refractivity contribution in [3.05, 3.63) is 0 Å². The third-order valence-corrected chi connectivity index (χ3v) is 3.48. The van der Waals surface area contributed by atoms with Gasteiger partial charge in [-0.3, -0.25) is 0 Å². The van der Waals surface area contributed by atoms with E-state index in [0.29, 0.717) is 24.5 Å². The van der Waals surface area contributed by atoms with Crippen molar-refractivity contribution in [2.24, 2.45) is 17.8 Å². The summed E-state index contributed by atoms with van der Waals surface area (Å²) in [6.07, 6.45) is 4.29. The van der Waals surface area contributed by atoms with Crippen LogP contribution in [0.25, 0.3) is 0 Å².